The van der Waals surface area contributed by atoms with Gasteiger partial charge in [-0.15, -0.1) is 0 Å². The van der Waals surface area contributed by atoms with Gasteiger partial charge in [-0.3, -0.25) is 24.5 Å². The first-order valence-corrected chi connectivity index (χ1v) is 10.1. The number of nitro benzene ring substituents is 1. The number of non-ortho nitro benzene ring substituents is 1. The molecular weight excluding hydrogens is 390 g/mol. The molecule has 2 saturated heterocycles. The molecule has 0 aliphatic carbocycles. The molecule has 2 heterocycles. The smallest absolute Gasteiger partial charge is 0.270 e. The molecule has 0 bridgehead atoms. The highest BCUT2D eigenvalue weighted by atomic mass is 16.6. The molecule has 3 rings (SSSR count). The second kappa shape index (κ2) is 9.66. The summed E-state index contributed by atoms with van der Waals surface area (Å²) in [5, 5.41) is 13.3. The van der Waals surface area contributed by atoms with Crippen molar-refractivity contribution in [1.82, 2.24) is 20.0 Å². The highest BCUT2D eigenvalue weighted by Gasteiger charge is 2.31. The highest BCUT2D eigenvalue weighted by Crippen LogP contribution is 2.20. The predicted molar refractivity (Wildman–Crippen MR) is 109 cm³/mol. The van der Waals surface area contributed by atoms with Crippen molar-refractivity contribution in [3.05, 3.63) is 39.9 Å². The maximum atomic E-state index is 12.7. The van der Waals surface area contributed by atoms with Crippen LogP contribution in [0.25, 0.3) is 0 Å². The van der Waals surface area contributed by atoms with Crippen molar-refractivity contribution in [2.75, 3.05) is 52.9 Å². The molecule has 0 aromatic heterocycles. The van der Waals surface area contributed by atoms with E-state index in [4.69, 9.17) is 0 Å². The average Bonchev–Trinajstić information content (AvgIpc) is 2.77. The SMILES string of the molecule is CN1CCN(C(=O)C2CCN(C(=O)CNC(=O)c3cccc([N+](=O)[O-])c3)CC2)CC1. The van der Waals surface area contributed by atoms with Crippen molar-refractivity contribution < 1.29 is 19.3 Å². The Morgan fingerprint density at radius 2 is 1.73 bits per heavy atom. The molecule has 10 nitrogen and oxygen atoms in total. The van der Waals surface area contributed by atoms with Gasteiger partial charge in [0.25, 0.3) is 11.6 Å². The number of piperazine rings is 1. The van der Waals surface area contributed by atoms with Crippen molar-refractivity contribution in [3.8, 4) is 0 Å². The van der Waals surface area contributed by atoms with Gasteiger partial charge in [0.1, 0.15) is 0 Å². The van der Waals surface area contributed by atoms with Crippen LogP contribution in [-0.4, -0.2) is 90.2 Å². The van der Waals surface area contributed by atoms with Gasteiger partial charge in [-0.2, -0.15) is 0 Å². The van der Waals surface area contributed by atoms with E-state index >= 15 is 0 Å². The Balaban J connectivity index is 1.44. The molecule has 30 heavy (non-hydrogen) atoms. The van der Waals surface area contributed by atoms with Crippen LogP contribution in [0.5, 0.6) is 0 Å². The van der Waals surface area contributed by atoms with Crippen LogP contribution in [0, 0.1) is 16.0 Å². The van der Waals surface area contributed by atoms with Gasteiger partial charge >= 0.3 is 0 Å². The van der Waals surface area contributed by atoms with E-state index in [1.807, 2.05) is 11.9 Å². The fourth-order valence-corrected chi connectivity index (χ4v) is 3.79. The minimum absolute atomic E-state index is 0.0584. The lowest BCUT2D eigenvalue weighted by atomic mass is 9.95. The van der Waals surface area contributed by atoms with Crippen LogP contribution in [-0.2, 0) is 9.59 Å². The Bertz CT molecular complexity index is 814. The van der Waals surface area contributed by atoms with E-state index < -0.39 is 10.8 Å². The summed E-state index contributed by atoms with van der Waals surface area (Å²) >= 11 is 0. The van der Waals surface area contributed by atoms with Gasteiger partial charge in [-0.05, 0) is 26.0 Å². The zero-order chi connectivity index (χ0) is 21.7. The van der Waals surface area contributed by atoms with E-state index in [0.29, 0.717) is 25.9 Å². The number of amides is 3. The Labute approximate surface area is 174 Å². The van der Waals surface area contributed by atoms with E-state index in [2.05, 4.69) is 10.2 Å². The first kappa shape index (κ1) is 21.7. The quantitative estimate of drug-likeness (QED) is 0.545. The van der Waals surface area contributed by atoms with Crippen molar-refractivity contribution in [3.63, 3.8) is 0 Å². The topological polar surface area (TPSA) is 116 Å². The fourth-order valence-electron chi connectivity index (χ4n) is 3.79. The molecule has 1 aromatic rings. The van der Waals surface area contributed by atoms with Crippen LogP contribution in [0.1, 0.15) is 23.2 Å². The molecule has 162 valence electrons. The molecule has 10 heteroatoms. The van der Waals surface area contributed by atoms with E-state index in [1.165, 1.54) is 24.3 Å². The largest absolute Gasteiger partial charge is 0.343 e. The summed E-state index contributed by atoms with van der Waals surface area (Å²) in [5.74, 6) is -0.641. The molecule has 0 spiro atoms. The van der Waals surface area contributed by atoms with E-state index in [1.54, 1.807) is 4.90 Å². The van der Waals surface area contributed by atoms with Gasteiger partial charge in [-0.1, -0.05) is 6.07 Å². The number of piperidine rings is 1. The molecule has 3 amide bonds. The molecule has 1 N–H and O–H groups in total. The zero-order valence-electron chi connectivity index (χ0n) is 17.1. The molecule has 2 aliphatic rings. The van der Waals surface area contributed by atoms with Crippen molar-refractivity contribution in [2.24, 2.45) is 5.92 Å². The van der Waals surface area contributed by atoms with Crippen LogP contribution < -0.4 is 5.32 Å². The minimum Gasteiger partial charge on any atom is -0.343 e. The van der Waals surface area contributed by atoms with Crippen molar-refractivity contribution in [1.29, 1.82) is 0 Å². The summed E-state index contributed by atoms with van der Waals surface area (Å²) in [6, 6.07) is 5.37. The minimum atomic E-state index is -0.574. The Kier molecular flexibility index (Phi) is 6.99. The highest BCUT2D eigenvalue weighted by molar-refractivity contribution is 5.97. The lowest BCUT2D eigenvalue weighted by Gasteiger charge is -2.37. The van der Waals surface area contributed by atoms with Crippen LogP contribution in [0.4, 0.5) is 5.69 Å². The number of nitrogens with zero attached hydrogens (tertiary/aromatic N) is 4. The molecule has 1 aromatic carbocycles. The lowest BCUT2D eigenvalue weighted by Crippen LogP contribution is -2.51. The third kappa shape index (κ3) is 5.32. The molecule has 0 unspecified atom stereocenters. The molecular formula is C20H27N5O5. The zero-order valence-corrected chi connectivity index (χ0v) is 17.1. The lowest BCUT2D eigenvalue weighted by molar-refractivity contribution is -0.384. The molecule has 0 radical (unpaired) electrons. The predicted octanol–water partition coefficient (Wildman–Crippen LogP) is 0.337. The maximum Gasteiger partial charge on any atom is 0.270 e. The summed E-state index contributed by atoms with van der Waals surface area (Å²) in [7, 11) is 2.05. The third-order valence-electron chi connectivity index (χ3n) is 5.73. The number of rotatable bonds is 5. The molecule has 2 aliphatic heterocycles. The molecule has 0 saturated carbocycles. The standard InChI is InChI=1S/C20H27N5O5/c1-22-9-11-24(12-10-22)20(28)15-5-7-23(8-6-15)18(26)14-21-19(27)16-3-2-4-17(13-16)25(29)30/h2-4,13,15H,5-12,14H2,1H3,(H,21,27). The van der Waals surface area contributed by atoms with Gasteiger partial charge in [0.2, 0.25) is 11.8 Å². The first-order valence-electron chi connectivity index (χ1n) is 10.1. The van der Waals surface area contributed by atoms with E-state index in [0.717, 1.165) is 26.2 Å². The van der Waals surface area contributed by atoms with Crippen molar-refractivity contribution in [2.45, 2.75) is 12.8 Å². The summed E-state index contributed by atoms with van der Waals surface area (Å²) < 4.78 is 0. The van der Waals surface area contributed by atoms with Gasteiger partial charge in [0, 0.05) is 62.9 Å². The number of carbonyl (C=O) groups is 3. The van der Waals surface area contributed by atoms with Crippen molar-refractivity contribution >= 4 is 23.4 Å². The number of nitro groups is 1. The Morgan fingerprint density at radius 3 is 2.37 bits per heavy atom. The number of likely N-dealkylation sites (tertiary alicyclic amines) is 1. The van der Waals surface area contributed by atoms with Crippen LogP contribution in [0.2, 0.25) is 0 Å². The molecule has 0 atom stereocenters. The normalized spacial score (nSPS) is 18.2. The Morgan fingerprint density at radius 1 is 1.07 bits per heavy atom. The van der Waals surface area contributed by atoms with Crippen LogP contribution >= 0.6 is 0 Å². The Hall–Kier alpha value is -3.01. The van der Waals surface area contributed by atoms with E-state index in [9.17, 15) is 24.5 Å². The average molecular weight is 417 g/mol. The molecule has 2 fully saturated rings. The number of benzene rings is 1. The van der Waals surface area contributed by atoms with Gasteiger partial charge < -0.3 is 20.0 Å². The summed E-state index contributed by atoms with van der Waals surface area (Å²) in [6.07, 6.45) is 1.24. The maximum absolute atomic E-state index is 12.7. The van der Waals surface area contributed by atoms with Gasteiger partial charge in [0.05, 0.1) is 11.5 Å². The number of nitrogens with one attached hydrogen (secondary N) is 1. The number of hydrogen-bond donors (Lipinski definition) is 1. The number of hydrogen-bond acceptors (Lipinski definition) is 6. The first-order chi connectivity index (χ1) is 14.3. The van der Waals surface area contributed by atoms with Gasteiger partial charge in [-0.25, -0.2) is 0 Å². The summed E-state index contributed by atoms with van der Waals surface area (Å²) in [5.41, 5.74) is -0.0467. The summed E-state index contributed by atoms with van der Waals surface area (Å²) in [4.78, 5) is 53.3. The third-order valence-corrected chi connectivity index (χ3v) is 5.73. The summed E-state index contributed by atoms with van der Waals surface area (Å²) in [6.45, 7) is 4.04. The second-order valence-electron chi connectivity index (χ2n) is 7.77. The monoisotopic (exact) mass is 417 g/mol. The van der Waals surface area contributed by atoms with Gasteiger partial charge in [0.15, 0.2) is 0 Å². The van der Waals surface area contributed by atoms with E-state index in [-0.39, 0.29) is 35.5 Å². The second-order valence-corrected chi connectivity index (χ2v) is 7.77. The number of carbonyl (C=O) groups excluding carboxylic acids is 3. The van der Waals surface area contributed by atoms with Crippen LogP contribution in [0.3, 0.4) is 0 Å². The fraction of sp³-hybridized carbons (Fsp3) is 0.550. The number of likely N-dealkylation sites (N-methyl/N-ethyl adjacent to an activating group) is 1. The van der Waals surface area contributed by atoms with Crippen LogP contribution in [0.15, 0.2) is 24.3 Å².